The van der Waals surface area contributed by atoms with Gasteiger partial charge in [0, 0.05) is 5.56 Å². The molecule has 0 aromatic heterocycles. The zero-order valence-electron chi connectivity index (χ0n) is 9.48. The second-order valence-corrected chi connectivity index (χ2v) is 3.73. The van der Waals surface area contributed by atoms with Gasteiger partial charge in [0.25, 0.3) is 0 Å². The van der Waals surface area contributed by atoms with Crippen LogP contribution in [0.1, 0.15) is 46.0 Å². The topological polar surface area (TPSA) is 63.6 Å². The molecule has 0 amide bonds. The van der Waals surface area contributed by atoms with Gasteiger partial charge in [-0.2, -0.15) is 0 Å². The number of rotatable bonds is 3. The van der Waals surface area contributed by atoms with E-state index in [2.05, 4.69) is 4.74 Å². The van der Waals surface area contributed by atoms with Crippen molar-refractivity contribution in [2.24, 2.45) is 0 Å². The van der Waals surface area contributed by atoms with E-state index in [1.165, 1.54) is 13.2 Å². The van der Waals surface area contributed by atoms with Crippen LogP contribution < -0.4 is 0 Å². The van der Waals surface area contributed by atoms with E-state index < -0.39 is 5.97 Å². The Morgan fingerprint density at radius 2 is 2.06 bits per heavy atom. The standard InChI is InChI=1S/C12H14O4/c1-7(2)9-5-4-8(6-13)10(11(9)14)12(15)16-3/h4-7,14H,1-3H3. The molecule has 0 radical (unpaired) electrons. The fraction of sp³-hybridized carbons (Fsp3) is 0.333. The van der Waals surface area contributed by atoms with Crippen LogP contribution in [-0.4, -0.2) is 24.5 Å². The van der Waals surface area contributed by atoms with E-state index in [-0.39, 0.29) is 22.8 Å². The highest BCUT2D eigenvalue weighted by molar-refractivity contribution is 6.01. The summed E-state index contributed by atoms with van der Waals surface area (Å²) in [5, 5.41) is 9.91. The predicted octanol–water partition coefficient (Wildman–Crippen LogP) is 2.11. The lowest BCUT2D eigenvalue weighted by Gasteiger charge is -2.12. The maximum Gasteiger partial charge on any atom is 0.342 e. The number of hydrogen-bond donors (Lipinski definition) is 1. The third-order valence-corrected chi connectivity index (χ3v) is 2.38. The molecule has 0 bridgehead atoms. The first-order valence-electron chi connectivity index (χ1n) is 4.92. The number of ether oxygens (including phenoxy) is 1. The number of phenolic OH excluding ortho intramolecular Hbond substituents is 1. The number of methoxy groups -OCH3 is 1. The van der Waals surface area contributed by atoms with E-state index in [9.17, 15) is 14.7 Å². The highest BCUT2D eigenvalue weighted by Gasteiger charge is 2.20. The van der Waals surface area contributed by atoms with Gasteiger partial charge in [0.15, 0.2) is 6.29 Å². The molecule has 86 valence electrons. The quantitative estimate of drug-likeness (QED) is 0.628. The molecule has 0 unspecified atom stereocenters. The second kappa shape index (κ2) is 4.79. The van der Waals surface area contributed by atoms with Crippen molar-refractivity contribution in [2.45, 2.75) is 19.8 Å². The normalized spacial score (nSPS) is 10.2. The number of carbonyl (C=O) groups is 2. The summed E-state index contributed by atoms with van der Waals surface area (Å²) < 4.78 is 4.54. The molecular weight excluding hydrogens is 208 g/mol. The maximum atomic E-state index is 11.4. The monoisotopic (exact) mass is 222 g/mol. The predicted molar refractivity (Wildman–Crippen MR) is 58.9 cm³/mol. The largest absolute Gasteiger partial charge is 0.507 e. The van der Waals surface area contributed by atoms with Gasteiger partial charge in [0.05, 0.1) is 7.11 Å². The summed E-state index contributed by atoms with van der Waals surface area (Å²) in [7, 11) is 1.21. The van der Waals surface area contributed by atoms with Crippen LogP contribution in [0.15, 0.2) is 12.1 Å². The van der Waals surface area contributed by atoms with Crippen molar-refractivity contribution >= 4 is 12.3 Å². The van der Waals surface area contributed by atoms with Crippen molar-refractivity contribution < 1.29 is 19.4 Å². The van der Waals surface area contributed by atoms with E-state index in [1.54, 1.807) is 6.07 Å². The van der Waals surface area contributed by atoms with Crippen molar-refractivity contribution in [3.05, 3.63) is 28.8 Å². The average Bonchev–Trinajstić information content (AvgIpc) is 2.26. The van der Waals surface area contributed by atoms with Gasteiger partial charge in [0.2, 0.25) is 0 Å². The molecule has 4 heteroatoms. The van der Waals surface area contributed by atoms with E-state index in [1.807, 2.05) is 13.8 Å². The van der Waals surface area contributed by atoms with Crippen LogP contribution in [0.2, 0.25) is 0 Å². The third kappa shape index (κ3) is 2.05. The van der Waals surface area contributed by atoms with Crippen molar-refractivity contribution in [3.8, 4) is 5.75 Å². The summed E-state index contributed by atoms with van der Waals surface area (Å²) in [6.07, 6.45) is 0.524. The summed E-state index contributed by atoms with van der Waals surface area (Å²) in [5.41, 5.74) is 0.684. The first-order chi connectivity index (χ1) is 7.52. The number of phenols is 1. The number of benzene rings is 1. The zero-order valence-corrected chi connectivity index (χ0v) is 9.48. The molecule has 0 aliphatic carbocycles. The molecule has 0 atom stereocenters. The van der Waals surface area contributed by atoms with Gasteiger partial charge in [-0.3, -0.25) is 4.79 Å². The van der Waals surface area contributed by atoms with Crippen molar-refractivity contribution in [3.63, 3.8) is 0 Å². The summed E-state index contributed by atoms with van der Waals surface area (Å²) in [4.78, 5) is 22.2. The van der Waals surface area contributed by atoms with Crippen molar-refractivity contribution in [1.29, 1.82) is 0 Å². The minimum Gasteiger partial charge on any atom is -0.507 e. The Kier molecular flexibility index (Phi) is 3.66. The minimum atomic E-state index is -0.706. The van der Waals surface area contributed by atoms with Crippen LogP contribution in [0.4, 0.5) is 0 Å². The molecule has 1 aromatic carbocycles. The second-order valence-electron chi connectivity index (χ2n) is 3.73. The number of carbonyl (C=O) groups excluding carboxylic acids is 2. The van der Waals surface area contributed by atoms with Crippen molar-refractivity contribution in [2.75, 3.05) is 7.11 Å². The number of esters is 1. The van der Waals surface area contributed by atoms with Crippen molar-refractivity contribution in [1.82, 2.24) is 0 Å². The first-order valence-corrected chi connectivity index (χ1v) is 4.92. The molecule has 0 saturated heterocycles. The Balaban J connectivity index is 3.46. The van der Waals surface area contributed by atoms with Gasteiger partial charge >= 0.3 is 5.97 Å². The molecule has 1 N–H and O–H groups in total. The number of aldehydes is 1. The molecule has 0 heterocycles. The zero-order chi connectivity index (χ0) is 12.3. The Hall–Kier alpha value is -1.84. The van der Waals surface area contributed by atoms with Crippen LogP contribution in [0.5, 0.6) is 5.75 Å². The molecule has 1 rings (SSSR count). The lowest BCUT2D eigenvalue weighted by Crippen LogP contribution is -2.07. The van der Waals surface area contributed by atoms with E-state index in [4.69, 9.17) is 0 Å². The van der Waals surface area contributed by atoms with Crippen LogP contribution in [0, 0.1) is 0 Å². The highest BCUT2D eigenvalue weighted by Crippen LogP contribution is 2.31. The minimum absolute atomic E-state index is 0.0594. The molecule has 4 nitrogen and oxygen atoms in total. The lowest BCUT2D eigenvalue weighted by atomic mass is 9.96. The molecule has 16 heavy (non-hydrogen) atoms. The highest BCUT2D eigenvalue weighted by atomic mass is 16.5. The molecule has 0 aliphatic rings. The van der Waals surface area contributed by atoms with Gasteiger partial charge < -0.3 is 9.84 Å². The van der Waals surface area contributed by atoms with Crippen LogP contribution in [0.3, 0.4) is 0 Å². The maximum absolute atomic E-state index is 11.4. The van der Waals surface area contributed by atoms with Crippen LogP contribution in [-0.2, 0) is 4.74 Å². The number of aromatic hydroxyl groups is 1. The summed E-state index contributed by atoms with van der Waals surface area (Å²) >= 11 is 0. The molecular formula is C12H14O4. The van der Waals surface area contributed by atoms with Gasteiger partial charge in [-0.25, -0.2) is 4.79 Å². The third-order valence-electron chi connectivity index (χ3n) is 2.38. The van der Waals surface area contributed by atoms with E-state index in [0.29, 0.717) is 11.8 Å². The fourth-order valence-corrected chi connectivity index (χ4v) is 1.50. The van der Waals surface area contributed by atoms with Gasteiger partial charge in [-0.1, -0.05) is 26.0 Å². The lowest BCUT2D eigenvalue weighted by molar-refractivity contribution is 0.0594. The molecule has 1 aromatic rings. The SMILES string of the molecule is COC(=O)c1c(C=O)ccc(C(C)C)c1O. The van der Waals surface area contributed by atoms with Crippen LogP contribution in [0.25, 0.3) is 0 Å². The molecule has 0 spiro atoms. The summed E-state index contributed by atoms with van der Waals surface area (Å²) in [6, 6.07) is 3.14. The number of hydrogen-bond acceptors (Lipinski definition) is 4. The van der Waals surface area contributed by atoms with Gasteiger partial charge in [-0.05, 0) is 11.5 Å². The molecule has 0 aliphatic heterocycles. The Labute approximate surface area is 93.9 Å². The average molecular weight is 222 g/mol. The first kappa shape index (κ1) is 12.2. The van der Waals surface area contributed by atoms with E-state index >= 15 is 0 Å². The fourth-order valence-electron chi connectivity index (χ4n) is 1.50. The summed E-state index contributed by atoms with van der Waals surface area (Å²) in [5.74, 6) is -0.822. The smallest absolute Gasteiger partial charge is 0.342 e. The summed E-state index contributed by atoms with van der Waals surface area (Å²) in [6.45, 7) is 3.77. The Morgan fingerprint density at radius 3 is 2.50 bits per heavy atom. The van der Waals surface area contributed by atoms with Crippen LogP contribution >= 0.6 is 0 Å². The Bertz CT molecular complexity index is 421. The van der Waals surface area contributed by atoms with E-state index in [0.717, 1.165) is 0 Å². The molecule has 0 saturated carbocycles. The molecule has 0 fully saturated rings. The van der Waals surface area contributed by atoms with Gasteiger partial charge in [0.1, 0.15) is 11.3 Å². The van der Waals surface area contributed by atoms with Gasteiger partial charge in [-0.15, -0.1) is 0 Å². The Morgan fingerprint density at radius 1 is 1.44 bits per heavy atom.